The molecule has 80 valence electrons. The fraction of sp³-hybridized carbons (Fsp3) is 0.400. The summed E-state index contributed by atoms with van der Waals surface area (Å²) in [6.07, 6.45) is 0.497. The van der Waals surface area contributed by atoms with E-state index in [1.54, 1.807) is 11.3 Å². The Morgan fingerprint density at radius 1 is 1.47 bits per heavy atom. The molecule has 1 aromatic rings. The summed E-state index contributed by atoms with van der Waals surface area (Å²) >= 11 is 1.62. The summed E-state index contributed by atoms with van der Waals surface area (Å²) in [7, 11) is 0. The number of amides is 2. The first-order chi connectivity index (χ1) is 7.27. The van der Waals surface area contributed by atoms with Gasteiger partial charge in [0.25, 0.3) is 0 Å². The summed E-state index contributed by atoms with van der Waals surface area (Å²) in [5.41, 5.74) is 0. The van der Waals surface area contributed by atoms with Gasteiger partial charge in [-0.3, -0.25) is 4.79 Å². The van der Waals surface area contributed by atoms with Gasteiger partial charge in [-0.25, -0.2) is 9.69 Å². The van der Waals surface area contributed by atoms with Crippen LogP contribution in [-0.2, 0) is 16.0 Å². The monoisotopic (exact) mass is 225 g/mol. The smallest absolute Gasteiger partial charge is 0.416 e. The maximum absolute atomic E-state index is 11.4. The van der Waals surface area contributed by atoms with Crippen LogP contribution in [0.3, 0.4) is 0 Å². The largest absolute Gasteiger partial charge is 0.449 e. The summed E-state index contributed by atoms with van der Waals surface area (Å²) in [5, 5.41) is 1.98. The van der Waals surface area contributed by atoms with E-state index < -0.39 is 6.09 Å². The molecule has 1 fully saturated rings. The SMILES string of the molecule is O=C1CCOC(=O)N1CCc1cccs1. The van der Waals surface area contributed by atoms with Crippen LogP contribution in [0.5, 0.6) is 0 Å². The van der Waals surface area contributed by atoms with Crippen LogP contribution < -0.4 is 0 Å². The summed E-state index contributed by atoms with van der Waals surface area (Å²) in [4.78, 5) is 25.0. The number of rotatable bonds is 3. The first-order valence-electron chi connectivity index (χ1n) is 4.77. The van der Waals surface area contributed by atoms with E-state index in [2.05, 4.69) is 0 Å². The second kappa shape index (κ2) is 4.44. The van der Waals surface area contributed by atoms with Gasteiger partial charge in [-0.05, 0) is 11.4 Å². The van der Waals surface area contributed by atoms with Crippen molar-refractivity contribution in [3.63, 3.8) is 0 Å². The van der Waals surface area contributed by atoms with Crippen molar-refractivity contribution in [2.75, 3.05) is 13.2 Å². The molecule has 2 heterocycles. The van der Waals surface area contributed by atoms with Crippen LogP contribution in [0.15, 0.2) is 17.5 Å². The molecule has 2 rings (SSSR count). The Labute approximate surface area is 91.5 Å². The highest BCUT2D eigenvalue weighted by molar-refractivity contribution is 7.09. The average Bonchev–Trinajstić information content (AvgIpc) is 2.70. The molecule has 0 N–H and O–H groups in total. The number of carbonyl (C=O) groups excluding carboxylic acids is 2. The summed E-state index contributed by atoms with van der Waals surface area (Å²) < 4.78 is 4.80. The normalized spacial score (nSPS) is 16.7. The van der Waals surface area contributed by atoms with Crippen molar-refractivity contribution in [2.45, 2.75) is 12.8 Å². The molecule has 0 unspecified atom stereocenters. The molecule has 0 radical (unpaired) electrons. The van der Waals surface area contributed by atoms with E-state index >= 15 is 0 Å². The van der Waals surface area contributed by atoms with Crippen LogP contribution in [0.25, 0.3) is 0 Å². The number of ether oxygens (including phenoxy) is 1. The van der Waals surface area contributed by atoms with Crippen LogP contribution in [0, 0.1) is 0 Å². The first-order valence-corrected chi connectivity index (χ1v) is 5.65. The van der Waals surface area contributed by atoms with E-state index in [9.17, 15) is 9.59 Å². The molecule has 1 aliphatic rings. The van der Waals surface area contributed by atoms with Gasteiger partial charge in [-0.15, -0.1) is 11.3 Å². The Kier molecular flexibility index (Phi) is 3.01. The molecule has 1 saturated heterocycles. The molecule has 0 saturated carbocycles. The summed E-state index contributed by atoms with van der Waals surface area (Å²) in [6, 6.07) is 3.95. The van der Waals surface area contributed by atoms with Crippen molar-refractivity contribution in [1.29, 1.82) is 0 Å². The fourth-order valence-corrected chi connectivity index (χ4v) is 2.13. The van der Waals surface area contributed by atoms with Crippen LogP contribution in [-0.4, -0.2) is 30.1 Å². The molecule has 4 nitrogen and oxygen atoms in total. The Morgan fingerprint density at radius 2 is 2.33 bits per heavy atom. The molecule has 15 heavy (non-hydrogen) atoms. The number of nitrogens with zero attached hydrogens (tertiary/aromatic N) is 1. The lowest BCUT2D eigenvalue weighted by molar-refractivity contribution is -0.133. The Morgan fingerprint density at radius 3 is 3.00 bits per heavy atom. The Bertz CT molecular complexity index is 345. The molecular formula is C10H11NO3S. The molecule has 0 aliphatic carbocycles. The minimum atomic E-state index is -0.511. The average molecular weight is 225 g/mol. The molecule has 0 spiro atoms. The Hall–Kier alpha value is -1.36. The summed E-state index contributed by atoms with van der Waals surface area (Å²) in [6.45, 7) is 0.630. The van der Waals surface area contributed by atoms with Crippen molar-refractivity contribution < 1.29 is 14.3 Å². The standard InChI is InChI=1S/C10H11NO3S/c12-9-4-6-14-10(13)11(9)5-3-8-2-1-7-15-8/h1-2,7H,3-6H2. The highest BCUT2D eigenvalue weighted by Crippen LogP contribution is 2.12. The third kappa shape index (κ3) is 2.36. The van der Waals surface area contributed by atoms with Crippen molar-refractivity contribution in [2.24, 2.45) is 0 Å². The van der Waals surface area contributed by atoms with Gasteiger partial charge in [-0.1, -0.05) is 6.07 Å². The molecule has 2 amide bonds. The lowest BCUT2D eigenvalue weighted by atomic mass is 10.3. The van der Waals surface area contributed by atoms with Crippen molar-refractivity contribution >= 4 is 23.3 Å². The van der Waals surface area contributed by atoms with Crippen molar-refractivity contribution in [3.05, 3.63) is 22.4 Å². The molecule has 1 aromatic heterocycles. The van der Waals surface area contributed by atoms with Crippen molar-refractivity contribution in [1.82, 2.24) is 4.90 Å². The lowest BCUT2D eigenvalue weighted by Crippen LogP contribution is -2.43. The molecule has 0 atom stereocenters. The number of carbonyl (C=O) groups is 2. The van der Waals surface area contributed by atoms with Gasteiger partial charge in [0, 0.05) is 17.8 Å². The lowest BCUT2D eigenvalue weighted by Gasteiger charge is -2.24. The second-order valence-electron chi connectivity index (χ2n) is 3.24. The van der Waals surface area contributed by atoms with E-state index in [1.807, 2.05) is 17.5 Å². The van der Waals surface area contributed by atoms with E-state index in [-0.39, 0.29) is 12.5 Å². The number of thiophene rings is 1. The zero-order valence-corrected chi connectivity index (χ0v) is 8.96. The number of hydrogen-bond acceptors (Lipinski definition) is 4. The van der Waals surface area contributed by atoms with Crippen LogP contribution in [0.2, 0.25) is 0 Å². The number of hydrogen-bond donors (Lipinski definition) is 0. The second-order valence-corrected chi connectivity index (χ2v) is 4.27. The third-order valence-corrected chi connectivity index (χ3v) is 3.16. The van der Waals surface area contributed by atoms with Crippen LogP contribution in [0.1, 0.15) is 11.3 Å². The fourth-order valence-electron chi connectivity index (χ4n) is 1.43. The van der Waals surface area contributed by atoms with E-state index in [4.69, 9.17) is 4.74 Å². The molecule has 0 aromatic carbocycles. The molecule has 0 bridgehead atoms. The predicted molar refractivity (Wildman–Crippen MR) is 55.7 cm³/mol. The minimum absolute atomic E-state index is 0.136. The Balaban J connectivity index is 1.92. The van der Waals surface area contributed by atoms with Crippen LogP contribution in [0.4, 0.5) is 4.79 Å². The van der Waals surface area contributed by atoms with E-state index in [1.165, 1.54) is 9.78 Å². The van der Waals surface area contributed by atoms with Gasteiger partial charge in [0.2, 0.25) is 5.91 Å². The van der Waals surface area contributed by atoms with Crippen LogP contribution >= 0.6 is 11.3 Å². The quantitative estimate of drug-likeness (QED) is 0.786. The third-order valence-electron chi connectivity index (χ3n) is 2.22. The van der Waals surface area contributed by atoms with Gasteiger partial charge in [0.1, 0.15) is 6.61 Å². The molecule has 1 aliphatic heterocycles. The highest BCUT2D eigenvalue weighted by Gasteiger charge is 2.26. The zero-order chi connectivity index (χ0) is 10.7. The van der Waals surface area contributed by atoms with E-state index in [0.717, 1.165) is 0 Å². The van der Waals surface area contributed by atoms with Gasteiger partial charge >= 0.3 is 6.09 Å². The maximum atomic E-state index is 11.4. The van der Waals surface area contributed by atoms with E-state index in [0.29, 0.717) is 19.4 Å². The van der Waals surface area contributed by atoms with Gasteiger partial charge in [-0.2, -0.15) is 0 Å². The minimum Gasteiger partial charge on any atom is -0.449 e. The highest BCUT2D eigenvalue weighted by atomic mass is 32.1. The zero-order valence-electron chi connectivity index (χ0n) is 8.14. The van der Waals surface area contributed by atoms with Crippen molar-refractivity contribution in [3.8, 4) is 0 Å². The topological polar surface area (TPSA) is 46.6 Å². The molecule has 5 heteroatoms. The number of imide groups is 1. The first kappa shape index (κ1) is 10.2. The maximum Gasteiger partial charge on any atom is 0.416 e. The van der Waals surface area contributed by atoms with Gasteiger partial charge < -0.3 is 4.74 Å². The number of cyclic esters (lactones) is 1. The summed E-state index contributed by atoms with van der Waals surface area (Å²) in [5.74, 6) is -0.136. The predicted octanol–water partition coefficient (Wildman–Crippen LogP) is 1.66. The molecular weight excluding hydrogens is 214 g/mol. The van der Waals surface area contributed by atoms with Gasteiger partial charge in [0.05, 0.1) is 6.42 Å². The van der Waals surface area contributed by atoms with Gasteiger partial charge in [0.15, 0.2) is 0 Å².